The van der Waals surface area contributed by atoms with E-state index in [4.69, 9.17) is 10.2 Å². The number of aliphatic hydroxyl groups excluding tert-OH is 1. The standard InChI is InChI=1S/C8H8BrFO3/c1-13-7-2-4(8(11)12)5(9)3-6(7)10/h2-3,8,11-12H,1H3. The Hall–Kier alpha value is -0.650. The summed E-state index contributed by atoms with van der Waals surface area (Å²) < 4.78 is 17.9. The molecule has 0 bridgehead atoms. The summed E-state index contributed by atoms with van der Waals surface area (Å²) in [7, 11) is 1.31. The van der Waals surface area contributed by atoms with Gasteiger partial charge in [-0.2, -0.15) is 0 Å². The zero-order valence-electron chi connectivity index (χ0n) is 6.79. The fraction of sp³-hybridized carbons (Fsp3) is 0.250. The fourth-order valence-corrected chi connectivity index (χ4v) is 1.42. The summed E-state index contributed by atoms with van der Waals surface area (Å²) in [5, 5.41) is 17.7. The number of benzene rings is 1. The van der Waals surface area contributed by atoms with E-state index in [0.717, 1.165) is 6.07 Å². The van der Waals surface area contributed by atoms with E-state index in [1.54, 1.807) is 0 Å². The lowest BCUT2D eigenvalue weighted by atomic mass is 10.2. The first-order valence-electron chi connectivity index (χ1n) is 3.45. The van der Waals surface area contributed by atoms with Crippen molar-refractivity contribution < 1.29 is 19.3 Å². The van der Waals surface area contributed by atoms with Gasteiger partial charge in [0.1, 0.15) is 0 Å². The lowest BCUT2D eigenvalue weighted by Gasteiger charge is -2.09. The van der Waals surface area contributed by atoms with Gasteiger partial charge in [0.2, 0.25) is 0 Å². The van der Waals surface area contributed by atoms with Crippen LogP contribution < -0.4 is 4.74 Å². The summed E-state index contributed by atoms with van der Waals surface area (Å²) >= 11 is 3.00. The number of hydrogen-bond acceptors (Lipinski definition) is 3. The van der Waals surface area contributed by atoms with E-state index in [2.05, 4.69) is 20.7 Å². The first-order chi connectivity index (χ1) is 6.06. The molecule has 0 spiro atoms. The maximum absolute atomic E-state index is 13.0. The minimum Gasteiger partial charge on any atom is -0.494 e. The Morgan fingerprint density at radius 3 is 2.54 bits per heavy atom. The molecular weight excluding hydrogens is 243 g/mol. The van der Waals surface area contributed by atoms with E-state index in [1.807, 2.05) is 0 Å². The number of methoxy groups -OCH3 is 1. The summed E-state index contributed by atoms with van der Waals surface area (Å²) in [5.41, 5.74) is 0.165. The van der Waals surface area contributed by atoms with Crippen LogP contribution in [0.4, 0.5) is 4.39 Å². The molecule has 0 amide bonds. The second-order valence-electron chi connectivity index (χ2n) is 2.38. The average molecular weight is 251 g/mol. The van der Waals surface area contributed by atoms with Gasteiger partial charge in [-0.3, -0.25) is 0 Å². The third-order valence-corrected chi connectivity index (χ3v) is 2.24. The highest BCUT2D eigenvalue weighted by Gasteiger charge is 2.12. The molecule has 0 aliphatic heterocycles. The summed E-state index contributed by atoms with van der Waals surface area (Å²) in [5.74, 6) is -0.579. The second-order valence-corrected chi connectivity index (χ2v) is 3.24. The van der Waals surface area contributed by atoms with E-state index >= 15 is 0 Å². The molecule has 5 heteroatoms. The van der Waals surface area contributed by atoms with E-state index in [9.17, 15) is 4.39 Å². The number of hydrogen-bond donors (Lipinski definition) is 2. The summed E-state index contributed by atoms with van der Waals surface area (Å²) in [6.07, 6.45) is -1.65. The zero-order chi connectivity index (χ0) is 10.0. The molecule has 0 radical (unpaired) electrons. The molecule has 1 aromatic rings. The van der Waals surface area contributed by atoms with Gasteiger partial charge in [-0.25, -0.2) is 4.39 Å². The number of aliphatic hydroxyl groups is 2. The number of ether oxygens (including phenoxy) is 1. The number of halogens is 2. The molecule has 1 aromatic carbocycles. The molecule has 0 aliphatic rings. The highest BCUT2D eigenvalue weighted by Crippen LogP contribution is 2.29. The third-order valence-electron chi connectivity index (χ3n) is 1.55. The molecule has 1 rings (SSSR count). The highest BCUT2D eigenvalue weighted by atomic mass is 79.9. The van der Waals surface area contributed by atoms with Gasteiger partial charge < -0.3 is 14.9 Å². The fourth-order valence-electron chi connectivity index (χ4n) is 0.899. The van der Waals surface area contributed by atoms with Gasteiger partial charge in [0, 0.05) is 10.0 Å². The maximum atomic E-state index is 13.0. The van der Waals surface area contributed by atoms with Gasteiger partial charge >= 0.3 is 0 Å². The normalized spacial score (nSPS) is 10.6. The molecule has 0 saturated carbocycles. The Balaban J connectivity index is 3.22. The Kier molecular flexibility index (Phi) is 3.24. The Bertz CT molecular complexity index is 315. The van der Waals surface area contributed by atoms with Crippen molar-refractivity contribution in [1.82, 2.24) is 0 Å². The molecule has 0 fully saturated rings. The van der Waals surface area contributed by atoms with Crippen molar-refractivity contribution in [1.29, 1.82) is 0 Å². The van der Waals surface area contributed by atoms with Gasteiger partial charge in [0.05, 0.1) is 7.11 Å². The highest BCUT2D eigenvalue weighted by molar-refractivity contribution is 9.10. The van der Waals surface area contributed by atoms with Crippen LogP contribution in [0, 0.1) is 5.82 Å². The van der Waals surface area contributed by atoms with E-state index in [1.165, 1.54) is 13.2 Å². The maximum Gasteiger partial charge on any atom is 0.179 e. The Labute approximate surface area is 82.9 Å². The van der Waals surface area contributed by atoms with Gasteiger partial charge in [0.15, 0.2) is 17.9 Å². The van der Waals surface area contributed by atoms with Crippen LogP contribution in [0.15, 0.2) is 16.6 Å². The minimum atomic E-state index is -1.65. The Morgan fingerprint density at radius 2 is 2.08 bits per heavy atom. The summed E-state index contributed by atoms with van der Waals surface area (Å²) in [4.78, 5) is 0. The molecule has 0 heterocycles. The van der Waals surface area contributed by atoms with Crippen LogP contribution >= 0.6 is 15.9 Å². The van der Waals surface area contributed by atoms with Crippen molar-refractivity contribution in [3.8, 4) is 5.75 Å². The summed E-state index contributed by atoms with van der Waals surface area (Å²) in [6.45, 7) is 0. The van der Waals surface area contributed by atoms with Crippen molar-refractivity contribution >= 4 is 15.9 Å². The average Bonchev–Trinajstić information content (AvgIpc) is 2.03. The van der Waals surface area contributed by atoms with Crippen LogP contribution in [0.3, 0.4) is 0 Å². The smallest absolute Gasteiger partial charge is 0.179 e. The monoisotopic (exact) mass is 250 g/mol. The second kappa shape index (κ2) is 4.04. The molecule has 0 unspecified atom stereocenters. The molecular formula is C8H8BrFO3. The SMILES string of the molecule is COc1cc(C(O)O)c(Br)cc1F. The molecule has 3 nitrogen and oxygen atoms in total. The molecule has 13 heavy (non-hydrogen) atoms. The number of rotatable bonds is 2. The van der Waals surface area contributed by atoms with E-state index < -0.39 is 12.1 Å². The molecule has 0 aromatic heterocycles. The molecule has 2 N–H and O–H groups in total. The van der Waals surface area contributed by atoms with Crippen molar-refractivity contribution in [2.75, 3.05) is 7.11 Å². The van der Waals surface area contributed by atoms with Crippen LogP contribution in [0.5, 0.6) is 5.75 Å². The third kappa shape index (κ3) is 2.18. The van der Waals surface area contributed by atoms with Gasteiger partial charge in [-0.15, -0.1) is 0 Å². The lowest BCUT2D eigenvalue weighted by Crippen LogP contribution is -1.98. The molecule has 0 atom stereocenters. The first-order valence-corrected chi connectivity index (χ1v) is 4.24. The minimum absolute atomic E-state index is 0.0219. The van der Waals surface area contributed by atoms with Gasteiger partial charge in [-0.05, 0) is 12.1 Å². The predicted molar refractivity (Wildman–Crippen MR) is 47.8 cm³/mol. The molecule has 0 aliphatic carbocycles. The largest absolute Gasteiger partial charge is 0.494 e. The van der Waals surface area contributed by atoms with Crippen LogP contribution in [0.25, 0.3) is 0 Å². The zero-order valence-corrected chi connectivity index (χ0v) is 8.38. The quantitative estimate of drug-likeness (QED) is 0.784. The Morgan fingerprint density at radius 1 is 1.46 bits per heavy atom. The summed E-state index contributed by atoms with van der Waals surface area (Å²) in [6, 6.07) is 2.34. The van der Waals surface area contributed by atoms with Crippen molar-refractivity contribution in [2.45, 2.75) is 6.29 Å². The topological polar surface area (TPSA) is 49.7 Å². The van der Waals surface area contributed by atoms with Crippen LogP contribution in [0.1, 0.15) is 11.9 Å². The van der Waals surface area contributed by atoms with Gasteiger partial charge in [-0.1, -0.05) is 15.9 Å². The predicted octanol–water partition coefficient (Wildman–Crippen LogP) is 1.58. The van der Waals surface area contributed by atoms with Crippen molar-refractivity contribution in [3.63, 3.8) is 0 Å². The van der Waals surface area contributed by atoms with Crippen LogP contribution in [-0.4, -0.2) is 17.3 Å². The first kappa shape index (κ1) is 10.4. The van der Waals surface area contributed by atoms with Gasteiger partial charge in [0.25, 0.3) is 0 Å². The molecule has 0 saturated heterocycles. The van der Waals surface area contributed by atoms with E-state index in [-0.39, 0.29) is 11.3 Å². The van der Waals surface area contributed by atoms with Crippen molar-refractivity contribution in [3.05, 3.63) is 28.0 Å². The lowest BCUT2D eigenvalue weighted by molar-refractivity contribution is -0.0432. The molecule has 72 valence electrons. The van der Waals surface area contributed by atoms with Crippen LogP contribution in [0.2, 0.25) is 0 Å². The van der Waals surface area contributed by atoms with E-state index in [0.29, 0.717) is 4.47 Å². The van der Waals surface area contributed by atoms with Crippen molar-refractivity contribution in [2.24, 2.45) is 0 Å². The van der Waals surface area contributed by atoms with Crippen LogP contribution in [-0.2, 0) is 0 Å².